The van der Waals surface area contributed by atoms with E-state index in [1.165, 1.54) is 0 Å². The number of amides is 1. The van der Waals surface area contributed by atoms with Gasteiger partial charge in [-0.1, -0.05) is 12.1 Å². The maximum atomic E-state index is 13.4. The fraction of sp³-hybridized carbons (Fsp3) is 0.333. The summed E-state index contributed by atoms with van der Waals surface area (Å²) in [6.07, 6.45) is 6.30. The SMILES string of the molecule is Cn1cc(-c2ccc3c(c2)[C@]2(CCO3)C[C@H]2C(=O)Nc2cc(C#N)ccc2CCCC(=O)O)cn1. The van der Waals surface area contributed by atoms with Crippen LogP contribution in [-0.4, -0.2) is 33.4 Å². The third-order valence-electron chi connectivity index (χ3n) is 7.09. The van der Waals surface area contributed by atoms with Gasteiger partial charge in [-0.2, -0.15) is 10.4 Å². The molecular weight excluding hydrogens is 444 g/mol. The van der Waals surface area contributed by atoms with Crippen LogP contribution >= 0.6 is 0 Å². The molecule has 1 spiro atoms. The van der Waals surface area contributed by atoms with Gasteiger partial charge in [-0.15, -0.1) is 0 Å². The first-order valence-electron chi connectivity index (χ1n) is 11.7. The Morgan fingerprint density at radius 3 is 2.89 bits per heavy atom. The number of aryl methyl sites for hydroxylation is 2. The molecule has 0 radical (unpaired) electrons. The summed E-state index contributed by atoms with van der Waals surface area (Å²) >= 11 is 0. The molecule has 1 fully saturated rings. The number of benzene rings is 2. The first kappa shape index (κ1) is 22.7. The number of anilines is 1. The average molecular weight is 471 g/mol. The average Bonchev–Trinajstić information content (AvgIpc) is 3.40. The van der Waals surface area contributed by atoms with Gasteiger partial charge < -0.3 is 15.2 Å². The fourth-order valence-electron chi connectivity index (χ4n) is 5.13. The lowest BCUT2D eigenvalue weighted by Crippen LogP contribution is -2.27. The van der Waals surface area contributed by atoms with Crippen molar-refractivity contribution in [2.45, 2.75) is 37.5 Å². The number of nitrogens with one attached hydrogen (secondary N) is 1. The van der Waals surface area contributed by atoms with Gasteiger partial charge in [0.15, 0.2) is 0 Å². The van der Waals surface area contributed by atoms with Gasteiger partial charge in [-0.05, 0) is 61.1 Å². The molecular formula is C27H26N4O4. The van der Waals surface area contributed by atoms with E-state index in [0.29, 0.717) is 30.7 Å². The zero-order valence-electron chi connectivity index (χ0n) is 19.5. The van der Waals surface area contributed by atoms with E-state index in [0.717, 1.165) is 40.8 Å². The molecule has 2 aromatic carbocycles. The lowest BCUT2D eigenvalue weighted by atomic mass is 9.85. The van der Waals surface area contributed by atoms with Crippen LogP contribution in [0.5, 0.6) is 5.75 Å². The summed E-state index contributed by atoms with van der Waals surface area (Å²) in [5.41, 5.74) is 4.69. The van der Waals surface area contributed by atoms with Crippen LogP contribution in [-0.2, 0) is 28.5 Å². The summed E-state index contributed by atoms with van der Waals surface area (Å²) in [6.45, 7) is 0.563. The zero-order chi connectivity index (χ0) is 24.6. The monoisotopic (exact) mass is 470 g/mol. The first-order chi connectivity index (χ1) is 16.9. The first-order valence-corrected chi connectivity index (χ1v) is 11.7. The van der Waals surface area contributed by atoms with E-state index in [-0.39, 0.29) is 23.7 Å². The van der Waals surface area contributed by atoms with Crippen molar-refractivity contribution in [3.05, 3.63) is 65.5 Å². The summed E-state index contributed by atoms with van der Waals surface area (Å²) in [6, 6.07) is 13.4. The van der Waals surface area contributed by atoms with Crippen molar-refractivity contribution in [3.63, 3.8) is 0 Å². The summed E-state index contributed by atoms with van der Waals surface area (Å²) in [5.74, 6) is -0.320. The Morgan fingerprint density at radius 2 is 2.14 bits per heavy atom. The smallest absolute Gasteiger partial charge is 0.303 e. The van der Waals surface area contributed by atoms with E-state index in [1.807, 2.05) is 31.6 Å². The summed E-state index contributed by atoms with van der Waals surface area (Å²) in [4.78, 5) is 24.3. The Labute approximate surface area is 203 Å². The van der Waals surface area contributed by atoms with Crippen molar-refractivity contribution in [3.8, 4) is 22.9 Å². The van der Waals surface area contributed by atoms with Gasteiger partial charge in [0.1, 0.15) is 5.75 Å². The van der Waals surface area contributed by atoms with Crippen LogP contribution in [0.25, 0.3) is 11.1 Å². The van der Waals surface area contributed by atoms with E-state index in [4.69, 9.17) is 9.84 Å². The second-order valence-corrected chi connectivity index (χ2v) is 9.35. The number of carbonyl (C=O) groups is 2. The van der Waals surface area contributed by atoms with Gasteiger partial charge in [0.2, 0.25) is 5.91 Å². The van der Waals surface area contributed by atoms with Crippen LogP contribution in [0.1, 0.15) is 42.4 Å². The van der Waals surface area contributed by atoms with Crippen molar-refractivity contribution >= 4 is 17.6 Å². The van der Waals surface area contributed by atoms with E-state index in [1.54, 1.807) is 22.9 Å². The van der Waals surface area contributed by atoms with Gasteiger partial charge in [0.05, 0.1) is 24.4 Å². The number of nitriles is 1. The summed E-state index contributed by atoms with van der Waals surface area (Å²) in [7, 11) is 1.88. The van der Waals surface area contributed by atoms with Crippen molar-refractivity contribution in [1.82, 2.24) is 9.78 Å². The van der Waals surface area contributed by atoms with Crippen LogP contribution in [0.15, 0.2) is 48.8 Å². The highest BCUT2D eigenvalue weighted by Gasteiger charge is 2.61. The zero-order valence-corrected chi connectivity index (χ0v) is 19.5. The predicted molar refractivity (Wildman–Crippen MR) is 129 cm³/mol. The van der Waals surface area contributed by atoms with Gasteiger partial charge >= 0.3 is 5.97 Å². The summed E-state index contributed by atoms with van der Waals surface area (Å²) < 4.78 is 7.68. The van der Waals surface area contributed by atoms with Crippen LogP contribution in [0.4, 0.5) is 5.69 Å². The molecule has 2 N–H and O–H groups in total. The number of hydrogen-bond donors (Lipinski definition) is 2. The normalized spacial score (nSPS) is 19.9. The van der Waals surface area contributed by atoms with Gasteiger partial charge in [0, 0.05) is 47.8 Å². The topological polar surface area (TPSA) is 117 Å². The number of aromatic nitrogens is 2. The van der Waals surface area contributed by atoms with Crippen LogP contribution in [0.3, 0.4) is 0 Å². The lowest BCUT2D eigenvalue weighted by molar-refractivity contribution is -0.137. The van der Waals surface area contributed by atoms with Crippen molar-refractivity contribution < 1.29 is 19.4 Å². The molecule has 1 amide bonds. The molecule has 1 aromatic heterocycles. The number of ether oxygens (including phenoxy) is 1. The standard InChI is InChI=1S/C27H26N4O4/c1-31-16-20(15-29-31)19-7-8-24-21(12-19)27(9-10-35-24)13-22(27)26(34)30-23-11-17(14-28)5-6-18(23)3-2-4-25(32)33/h5-8,11-12,15-16,22H,2-4,9-10,13H2,1H3,(H,30,34)(H,32,33)/t22-,27-/m0/s1. The number of fused-ring (bicyclic) bond motifs is 2. The molecule has 2 aliphatic rings. The molecule has 0 unspecified atom stereocenters. The quantitative estimate of drug-likeness (QED) is 0.538. The maximum Gasteiger partial charge on any atom is 0.303 e. The molecule has 1 aliphatic carbocycles. The van der Waals surface area contributed by atoms with Crippen molar-refractivity contribution in [1.29, 1.82) is 5.26 Å². The molecule has 1 saturated carbocycles. The molecule has 5 rings (SSSR count). The molecule has 3 aromatic rings. The minimum atomic E-state index is -0.854. The minimum Gasteiger partial charge on any atom is -0.493 e. The molecule has 35 heavy (non-hydrogen) atoms. The number of aliphatic carboxylic acids is 1. The maximum absolute atomic E-state index is 13.4. The molecule has 0 saturated heterocycles. The summed E-state index contributed by atoms with van der Waals surface area (Å²) in [5, 5.41) is 25.6. The Hall–Kier alpha value is -4.12. The van der Waals surface area contributed by atoms with Crippen LogP contribution in [0, 0.1) is 17.2 Å². The Kier molecular flexibility index (Phi) is 5.77. The second kappa shape index (κ2) is 8.91. The largest absolute Gasteiger partial charge is 0.493 e. The third-order valence-corrected chi connectivity index (χ3v) is 7.09. The van der Waals surface area contributed by atoms with Crippen molar-refractivity contribution in [2.24, 2.45) is 13.0 Å². The van der Waals surface area contributed by atoms with E-state index < -0.39 is 5.97 Å². The van der Waals surface area contributed by atoms with E-state index in [9.17, 15) is 14.9 Å². The molecule has 1 aliphatic heterocycles. The molecule has 8 heteroatoms. The predicted octanol–water partition coefficient (Wildman–Crippen LogP) is 4.04. The Bertz CT molecular complexity index is 1360. The minimum absolute atomic E-state index is 0.0508. The fourth-order valence-corrected chi connectivity index (χ4v) is 5.13. The highest BCUT2D eigenvalue weighted by atomic mass is 16.5. The number of rotatable bonds is 7. The van der Waals surface area contributed by atoms with Gasteiger partial charge in [-0.3, -0.25) is 14.3 Å². The van der Waals surface area contributed by atoms with Gasteiger partial charge in [0.25, 0.3) is 0 Å². The highest BCUT2D eigenvalue weighted by molar-refractivity contribution is 5.97. The lowest BCUT2D eigenvalue weighted by Gasteiger charge is -2.27. The number of hydrogen-bond acceptors (Lipinski definition) is 5. The highest BCUT2D eigenvalue weighted by Crippen LogP contribution is 2.61. The van der Waals surface area contributed by atoms with Gasteiger partial charge in [-0.25, -0.2) is 0 Å². The molecule has 0 bridgehead atoms. The molecule has 2 atom stereocenters. The number of nitrogens with zero attached hydrogens (tertiary/aromatic N) is 3. The molecule has 8 nitrogen and oxygen atoms in total. The second-order valence-electron chi connectivity index (χ2n) is 9.35. The van der Waals surface area contributed by atoms with Crippen LogP contribution in [0.2, 0.25) is 0 Å². The van der Waals surface area contributed by atoms with Crippen molar-refractivity contribution in [2.75, 3.05) is 11.9 Å². The Balaban J connectivity index is 1.38. The Morgan fingerprint density at radius 1 is 1.29 bits per heavy atom. The number of carboxylic acid groups (broad SMARTS) is 1. The number of carbonyl (C=O) groups excluding carboxylic acids is 1. The molecule has 2 heterocycles. The van der Waals surface area contributed by atoms with Crippen LogP contribution < -0.4 is 10.1 Å². The molecule has 178 valence electrons. The number of carboxylic acids is 1. The third kappa shape index (κ3) is 4.37. The van der Waals surface area contributed by atoms with E-state index in [2.05, 4.69) is 22.6 Å². The van der Waals surface area contributed by atoms with E-state index >= 15 is 0 Å².